The lowest BCUT2D eigenvalue weighted by Gasteiger charge is -2.21. The fourth-order valence-electron chi connectivity index (χ4n) is 2.95. The van der Waals surface area contributed by atoms with E-state index in [4.69, 9.17) is 0 Å². The third-order valence-electron chi connectivity index (χ3n) is 4.46. The van der Waals surface area contributed by atoms with Crippen LogP contribution in [0.4, 0.5) is 5.69 Å². The molecule has 1 saturated heterocycles. The minimum absolute atomic E-state index is 0.0522. The number of sulfonamides is 1. The van der Waals surface area contributed by atoms with Crippen LogP contribution in [0.3, 0.4) is 0 Å². The molecule has 2 aromatic rings. The van der Waals surface area contributed by atoms with Crippen LogP contribution < -0.4 is 10.0 Å². The summed E-state index contributed by atoms with van der Waals surface area (Å²) in [5.74, 6) is 0.186. The van der Waals surface area contributed by atoms with E-state index in [1.165, 1.54) is 0 Å². The standard InChI is InChI=1S/C19H22N2O3S/c1-14-2-8-18(9-3-14)25(23,24)21-17-6-4-15(5-7-17)19(22)16-10-12-20-13-11-16/h2-9,16,20-21H,10-13H2,1H3. The SMILES string of the molecule is Cc1ccc(S(=O)(=O)Nc2ccc(C(=O)C3CCNCC3)cc2)cc1. The third kappa shape index (κ3) is 4.27. The van der Waals surface area contributed by atoms with Crippen molar-refractivity contribution < 1.29 is 13.2 Å². The van der Waals surface area contributed by atoms with Crippen molar-refractivity contribution in [3.63, 3.8) is 0 Å². The van der Waals surface area contributed by atoms with Crippen molar-refractivity contribution in [3.05, 3.63) is 59.7 Å². The maximum absolute atomic E-state index is 12.5. The molecule has 0 aliphatic carbocycles. The highest BCUT2D eigenvalue weighted by Crippen LogP contribution is 2.21. The van der Waals surface area contributed by atoms with Gasteiger partial charge in [-0.2, -0.15) is 0 Å². The summed E-state index contributed by atoms with van der Waals surface area (Å²) in [5.41, 5.74) is 2.08. The van der Waals surface area contributed by atoms with Crippen molar-refractivity contribution in [1.82, 2.24) is 5.32 Å². The fraction of sp³-hybridized carbons (Fsp3) is 0.316. The van der Waals surface area contributed by atoms with Crippen molar-refractivity contribution in [3.8, 4) is 0 Å². The lowest BCUT2D eigenvalue weighted by Crippen LogP contribution is -2.31. The Morgan fingerprint density at radius 3 is 2.20 bits per heavy atom. The van der Waals surface area contributed by atoms with E-state index in [1.807, 2.05) is 6.92 Å². The molecule has 1 aliphatic heterocycles. The number of Topliss-reactive ketones (excluding diaryl/α,β-unsaturated/α-hetero) is 1. The van der Waals surface area contributed by atoms with Gasteiger partial charge in [-0.05, 0) is 69.3 Å². The normalized spacial score (nSPS) is 15.7. The van der Waals surface area contributed by atoms with Crippen LogP contribution >= 0.6 is 0 Å². The molecule has 1 heterocycles. The molecule has 132 valence electrons. The van der Waals surface area contributed by atoms with Crippen molar-refractivity contribution in [2.45, 2.75) is 24.7 Å². The van der Waals surface area contributed by atoms with E-state index in [2.05, 4.69) is 10.0 Å². The van der Waals surface area contributed by atoms with Gasteiger partial charge in [-0.3, -0.25) is 9.52 Å². The van der Waals surface area contributed by atoms with Crippen LogP contribution in [-0.2, 0) is 10.0 Å². The molecule has 2 aromatic carbocycles. The number of carbonyl (C=O) groups excluding carboxylic acids is 1. The number of ketones is 1. The van der Waals surface area contributed by atoms with Crippen LogP contribution in [0.25, 0.3) is 0 Å². The zero-order valence-corrected chi connectivity index (χ0v) is 15.0. The summed E-state index contributed by atoms with van der Waals surface area (Å²) in [4.78, 5) is 12.7. The Labute approximate surface area is 148 Å². The Morgan fingerprint density at radius 1 is 1.00 bits per heavy atom. The molecule has 1 fully saturated rings. The molecule has 0 radical (unpaired) electrons. The fourth-order valence-corrected chi connectivity index (χ4v) is 4.01. The topological polar surface area (TPSA) is 75.3 Å². The van der Waals surface area contributed by atoms with Crippen LogP contribution in [0.2, 0.25) is 0 Å². The summed E-state index contributed by atoms with van der Waals surface area (Å²) in [7, 11) is -3.63. The largest absolute Gasteiger partial charge is 0.317 e. The van der Waals surface area contributed by atoms with Crippen LogP contribution in [0.5, 0.6) is 0 Å². The Balaban J connectivity index is 1.71. The molecule has 6 heteroatoms. The Hall–Kier alpha value is -2.18. The summed E-state index contributed by atoms with van der Waals surface area (Å²) >= 11 is 0. The van der Waals surface area contributed by atoms with E-state index in [9.17, 15) is 13.2 Å². The molecule has 0 amide bonds. The first kappa shape index (κ1) is 17.6. The number of nitrogens with one attached hydrogen (secondary N) is 2. The number of hydrogen-bond donors (Lipinski definition) is 2. The van der Waals surface area contributed by atoms with Crippen molar-refractivity contribution >= 4 is 21.5 Å². The second kappa shape index (κ2) is 7.37. The van der Waals surface area contributed by atoms with E-state index in [0.29, 0.717) is 11.3 Å². The van der Waals surface area contributed by atoms with E-state index in [0.717, 1.165) is 31.5 Å². The van der Waals surface area contributed by atoms with Gasteiger partial charge in [0, 0.05) is 17.2 Å². The molecule has 0 spiro atoms. The van der Waals surface area contributed by atoms with Gasteiger partial charge in [0.25, 0.3) is 10.0 Å². The number of benzene rings is 2. The molecule has 2 N–H and O–H groups in total. The molecule has 0 aromatic heterocycles. The minimum atomic E-state index is -3.63. The molecule has 0 bridgehead atoms. The summed E-state index contributed by atoms with van der Waals surface area (Å²) in [6, 6.07) is 13.3. The number of piperidine rings is 1. The van der Waals surface area contributed by atoms with E-state index >= 15 is 0 Å². The van der Waals surface area contributed by atoms with Gasteiger partial charge in [-0.15, -0.1) is 0 Å². The van der Waals surface area contributed by atoms with Crippen molar-refractivity contribution in [2.24, 2.45) is 5.92 Å². The zero-order chi connectivity index (χ0) is 17.9. The molecular formula is C19H22N2O3S. The molecule has 0 atom stereocenters. The average Bonchev–Trinajstić information content (AvgIpc) is 2.62. The van der Waals surface area contributed by atoms with Crippen LogP contribution in [0.1, 0.15) is 28.8 Å². The molecule has 5 nitrogen and oxygen atoms in total. The minimum Gasteiger partial charge on any atom is -0.317 e. The highest BCUT2D eigenvalue weighted by Gasteiger charge is 2.22. The molecular weight excluding hydrogens is 336 g/mol. The van der Waals surface area contributed by atoms with Crippen molar-refractivity contribution in [2.75, 3.05) is 17.8 Å². The van der Waals surface area contributed by atoms with Gasteiger partial charge in [0.2, 0.25) is 0 Å². The van der Waals surface area contributed by atoms with Gasteiger partial charge in [0.05, 0.1) is 4.90 Å². The molecule has 0 saturated carbocycles. The van der Waals surface area contributed by atoms with E-state index in [1.54, 1.807) is 48.5 Å². The third-order valence-corrected chi connectivity index (χ3v) is 5.86. The first-order chi connectivity index (χ1) is 12.0. The van der Waals surface area contributed by atoms with Crippen LogP contribution in [0.15, 0.2) is 53.4 Å². The van der Waals surface area contributed by atoms with E-state index in [-0.39, 0.29) is 16.6 Å². The zero-order valence-electron chi connectivity index (χ0n) is 14.2. The lowest BCUT2D eigenvalue weighted by molar-refractivity contribution is 0.0895. The Bertz CT molecular complexity index is 837. The predicted octanol–water partition coefficient (Wildman–Crippen LogP) is 2.98. The van der Waals surface area contributed by atoms with Gasteiger partial charge in [0.1, 0.15) is 0 Å². The second-order valence-corrected chi connectivity index (χ2v) is 8.07. The predicted molar refractivity (Wildman–Crippen MR) is 98.4 cm³/mol. The summed E-state index contributed by atoms with van der Waals surface area (Å²) in [6.07, 6.45) is 1.70. The van der Waals surface area contributed by atoms with Gasteiger partial charge >= 0.3 is 0 Å². The van der Waals surface area contributed by atoms with Crippen molar-refractivity contribution in [1.29, 1.82) is 0 Å². The maximum Gasteiger partial charge on any atom is 0.261 e. The first-order valence-electron chi connectivity index (χ1n) is 8.40. The smallest absolute Gasteiger partial charge is 0.261 e. The monoisotopic (exact) mass is 358 g/mol. The molecule has 0 unspecified atom stereocenters. The maximum atomic E-state index is 12.5. The summed E-state index contributed by atoms with van der Waals surface area (Å²) in [6.45, 7) is 3.64. The molecule has 1 aliphatic rings. The number of hydrogen-bond acceptors (Lipinski definition) is 4. The second-order valence-electron chi connectivity index (χ2n) is 6.38. The van der Waals surface area contributed by atoms with Gasteiger partial charge in [-0.25, -0.2) is 8.42 Å². The van der Waals surface area contributed by atoms with Gasteiger partial charge in [0.15, 0.2) is 5.78 Å². The number of rotatable bonds is 5. The quantitative estimate of drug-likeness (QED) is 0.806. The number of aryl methyl sites for hydroxylation is 1. The van der Waals surface area contributed by atoms with Crippen LogP contribution in [-0.4, -0.2) is 27.3 Å². The Morgan fingerprint density at radius 2 is 1.60 bits per heavy atom. The summed E-state index contributed by atoms with van der Waals surface area (Å²) < 4.78 is 27.3. The highest BCUT2D eigenvalue weighted by atomic mass is 32.2. The Kier molecular flexibility index (Phi) is 5.20. The first-order valence-corrected chi connectivity index (χ1v) is 9.88. The van der Waals surface area contributed by atoms with Crippen LogP contribution in [0, 0.1) is 12.8 Å². The van der Waals surface area contributed by atoms with Gasteiger partial charge < -0.3 is 5.32 Å². The number of anilines is 1. The van der Waals surface area contributed by atoms with Gasteiger partial charge in [-0.1, -0.05) is 17.7 Å². The summed E-state index contributed by atoms with van der Waals surface area (Å²) in [5, 5.41) is 3.25. The highest BCUT2D eigenvalue weighted by molar-refractivity contribution is 7.92. The molecule has 3 rings (SSSR count). The average molecular weight is 358 g/mol. The molecule has 25 heavy (non-hydrogen) atoms. The lowest BCUT2D eigenvalue weighted by atomic mass is 9.89. The number of carbonyl (C=O) groups is 1. The van der Waals surface area contributed by atoms with E-state index < -0.39 is 10.0 Å².